The molecule has 1 heterocycles. The number of nitrogens with two attached hydrogens (primary N) is 1. The molecule has 0 unspecified atom stereocenters. The number of rotatable bonds is 7. The molecule has 0 radical (unpaired) electrons. The van der Waals surface area contributed by atoms with Gasteiger partial charge in [-0.2, -0.15) is 0 Å². The Bertz CT molecular complexity index is 954. The van der Waals surface area contributed by atoms with Crippen molar-refractivity contribution in [3.05, 3.63) is 71.9 Å². The van der Waals surface area contributed by atoms with Gasteiger partial charge in [0.25, 0.3) is 0 Å². The minimum absolute atomic E-state index is 0. The quantitative estimate of drug-likeness (QED) is 0.266. The van der Waals surface area contributed by atoms with Crippen molar-refractivity contribution in [1.82, 2.24) is 4.98 Å². The third kappa shape index (κ3) is 6.24. The van der Waals surface area contributed by atoms with Crippen molar-refractivity contribution in [3.8, 4) is 23.1 Å². The number of aromatic nitrogens is 1. The van der Waals surface area contributed by atoms with Gasteiger partial charge in [-0.3, -0.25) is 0 Å². The highest BCUT2D eigenvalue weighted by molar-refractivity contribution is 14.0. The van der Waals surface area contributed by atoms with E-state index in [-0.39, 0.29) is 24.0 Å². The molecule has 0 spiro atoms. The Morgan fingerprint density at radius 2 is 1.67 bits per heavy atom. The topological polar surface area (TPSA) is 91.0 Å². The lowest BCUT2D eigenvalue weighted by Gasteiger charge is -2.13. The van der Waals surface area contributed by atoms with Crippen LogP contribution in [0, 0.1) is 6.92 Å². The lowest BCUT2D eigenvalue weighted by molar-refractivity contribution is 0.342. The monoisotopic (exact) mass is 520 g/mol. The van der Waals surface area contributed by atoms with Crippen LogP contribution < -0.4 is 25.3 Å². The first-order valence-electron chi connectivity index (χ1n) is 9.06. The maximum absolute atomic E-state index is 5.95. The zero-order chi connectivity index (χ0) is 20.6. The summed E-state index contributed by atoms with van der Waals surface area (Å²) < 4.78 is 16.5. The van der Waals surface area contributed by atoms with Crippen molar-refractivity contribution in [2.45, 2.75) is 13.5 Å². The first-order valence-corrected chi connectivity index (χ1v) is 9.06. The van der Waals surface area contributed by atoms with Crippen LogP contribution in [0.4, 0.5) is 5.69 Å². The van der Waals surface area contributed by atoms with Crippen LogP contribution in [0.15, 0.2) is 65.8 Å². The second-order valence-corrected chi connectivity index (χ2v) is 6.29. The molecule has 0 fully saturated rings. The van der Waals surface area contributed by atoms with E-state index >= 15 is 0 Å². The highest BCUT2D eigenvalue weighted by Gasteiger charge is 2.13. The lowest BCUT2D eigenvalue weighted by Crippen LogP contribution is -2.22. The molecule has 0 aliphatic rings. The van der Waals surface area contributed by atoms with Crippen LogP contribution in [0.3, 0.4) is 0 Å². The van der Waals surface area contributed by atoms with E-state index in [0.717, 1.165) is 11.3 Å². The summed E-state index contributed by atoms with van der Waals surface area (Å²) >= 11 is 0. The van der Waals surface area contributed by atoms with Crippen molar-refractivity contribution in [2.75, 3.05) is 19.5 Å². The molecule has 0 bridgehead atoms. The number of guanidine groups is 1. The maximum atomic E-state index is 5.95. The molecule has 3 aromatic rings. The average Bonchev–Trinajstić information content (AvgIpc) is 2.75. The predicted octanol–water partition coefficient (Wildman–Crippen LogP) is 4.74. The lowest BCUT2D eigenvalue weighted by atomic mass is 10.2. The molecule has 30 heavy (non-hydrogen) atoms. The number of nitrogens with one attached hydrogen (secondary N) is 1. The number of hydrogen-bond acceptors (Lipinski definition) is 5. The van der Waals surface area contributed by atoms with E-state index in [9.17, 15) is 0 Å². The van der Waals surface area contributed by atoms with E-state index in [0.29, 0.717) is 35.6 Å². The second-order valence-electron chi connectivity index (χ2n) is 6.29. The first-order chi connectivity index (χ1) is 14.1. The molecule has 7 nitrogen and oxygen atoms in total. The summed E-state index contributed by atoms with van der Waals surface area (Å²) in [7, 11) is 3.15. The third-order valence-electron chi connectivity index (χ3n) is 4.14. The number of ether oxygens (including phenoxy) is 3. The Labute approximate surface area is 193 Å². The number of pyridine rings is 1. The summed E-state index contributed by atoms with van der Waals surface area (Å²) in [6.45, 7) is 2.43. The summed E-state index contributed by atoms with van der Waals surface area (Å²) in [4.78, 5) is 8.68. The molecule has 0 aliphatic carbocycles. The fraction of sp³-hybridized carbons (Fsp3) is 0.182. The molecule has 0 atom stereocenters. The van der Waals surface area contributed by atoms with Gasteiger partial charge >= 0.3 is 0 Å². The van der Waals surface area contributed by atoms with Gasteiger partial charge in [0, 0.05) is 18.0 Å². The number of methoxy groups -OCH3 is 2. The van der Waals surface area contributed by atoms with Gasteiger partial charge in [0.1, 0.15) is 0 Å². The van der Waals surface area contributed by atoms with Crippen LogP contribution >= 0.6 is 24.0 Å². The first kappa shape index (κ1) is 23.3. The molecular weight excluding hydrogens is 495 g/mol. The van der Waals surface area contributed by atoms with E-state index in [4.69, 9.17) is 19.9 Å². The number of aryl methyl sites for hydroxylation is 1. The molecule has 1 aromatic heterocycles. The van der Waals surface area contributed by atoms with Gasteiger partial charge in [-0.05, 0) is 36.8 Å². The van der Waals surface area contributed by atoms with E-state index in [1.807, 2.05) is 43.3 Å². The third-order valence-corrected chi connectivity index (χ3v) is 4.14. The Morgan fingerprint density at radius 1 is 1.00 bits per heavy atom. The van der Waals surface area contributed by atoms with Gasteiger partial charge in [0.2, 0.25) is 11.6 Å². The van der Waals surface area contributed by atoms with Crippen molar-refractivity contribution in [1.29, 1.82) is 0 Å². The fourth-order valence-corrected chi connectivity index (χ4v) is 2.59. The summed E-state index contributed by atoms with van der Waals surface area (Å²) in [6, 6.07) is 17.0. The second kappa shape index (κ2) is 11.2. The van der Waals surface area contributed by atoms with Crippen LogP contribution in [-0.2, 0) is 6.54 Å². The number of benzene rings is 2. The Balaban J connectivity index is 0.00000320. The Kier molecular flexibility index (Phi) is 8.72. The highest BCUT2D eigenvalue weighted by Crippen LogP contribution is 2.39. The van der Waals surface area contributed by atoms with Crippen molar-refractivity contribution >= 4 is 35.6 Å². The van der Waals surface area contributed by atoms with E-state index in [1.165, 1.54) is 5.56 Å². The fourth-order valence-electron chi connectivity index (χ4n) is 2.59. The minimum atomic E-state index is 0. The van der Waals surface area contributed by atoms with Crippen LogP contribution in [-0.4, -0.2) is 25.2 Å². The number of aliphatic imine (C=N–C) groups is 1. The summed E-state index contributed by atoms with van der Waals surface area (Å²) in [5, 5.41) is 3.06. The van der Waals surface area contributed by atoms with Crippen LogP contribution in [0.5, 0.6) is 23.1 Å². The normalized spacial score (nSPS) is 10.7. The number of hydrogen-bond donors (Lipinski definition) is 2. The van der Waals surface area contributed by atoms with E-state index in [2.05, 4.69) is 15.3 Å². The van der Waals surface area contributed by atoms with E-state index in [1.54, 1.807) is 38.6 Å². The SMILES string of the molecule is COc1cccc(OC)c1Oc1ccc(CN=C(N)Nc2ccc(C)cc2)cn1.I. The maximum Gasteiger partial charge on any atom is 0.219 e. The highest BCUT2D eigenvalue weighted by atomic mass is 127. The number of nitrogens with zero attached hydrogens (tertiary/aromatic N) is 2. The largest absolute Gasteiger partial charge is 0.493 e. The number of halogens is 1. The standard InChI is InChI=1S/C22H24N4O3.HI/c1-15-7-10-17(11-8-15)26-22(23)25-14-16-9-12-20(24-13-16)29-21-18(27-2)5-4-6-19(21)28-3;/h4-13H,14H2,1-3H3,(H3,23,25,26);1H. The Morgan fingerprint density at radius 3 is 2.23 bits per heavy atom. The van der Waals surface area contributed by atoms with Crippen molar-refractivity contribution in [3.63, 3.8) is 0 Å². The Hall–Kier alpha value is -3.01. The summed E-state index contributed by atoms with van der Waals surface area (Å²) in [5.74, 6) is 2.37. The van der Waals surface area contributed by atoms with Crippen molar-refractivity contribution < 1.29 is 14.2 Å². The molecule has 0 aliphatic heterocycles. The van der Waals surface area contributed by atoms with Crippen LogP contribution in [0.1, 0.15) is 11.1 Å². The molecule has 8 heteroatoms. The van der Waals surface area contributed by atoms with Gasteiger partial charge in [0.15, 0.2) is 17.5 Å². The van der Waals surface area contributed by atoms with Gasteiger partial charge < -0.3 is 25.3 Å². The summed E-state index contributed by atoms with van der Waals surface area (Å²) in [6.07, 6.45) is 1.69. The van der Waals surface area contributed by atoms with E-state index < -0.39 is 0 Å². The number of anilines is 1. The van der Waals surface area contributed by atoms with Gasteiger partial charge in [-0.15, -0.1) is 24.0 Å². The molecule has 158 valence electrons. The molecule has 3 N–H and O–H groups in total. The van der Waals surface area contributed by atoms with Gasteiger partial charge in [0.05, 0.1) is 20.8 Å². The zero-order valence-electron chi connectivity index (χ0n) is 17.1. The van der Waals surface area contributed by atoms with Gasteiger partial charge in [-0.1, -0.05) is 29.8 Å². The minimum Gasteiger partial charge on any atom is -0.493 e. The zero-order valence-corrected chi connectivity index (χ0v) is 19.4. The molecular formula is C22H25IN4O3. The molecule has 0 saturated heterocycles. The molecule has 0 amide bonds. The average molecular weight is 520 g/mol. The van der Waals surface area contributed by atoms with Gasteiger partial charge in [-0.25, -0.2) is 9.98 Å². The van der Waals surface area contributed by atoms with Crippen molar-refractivity contribution in [2.24, 2.45) is 10.7 Å². The smallest absolute Gasteiger partial charge is 0.219 e. The molecule has 2 aromatic carbocycles. The van der Waals surface area contributed by atoms with Crippen LogP contribution in [0.2, 0.25) is 0 Å². The molecule has 0 saturated carbocycles. The summed E-state index contributed by atoms with van der Waals surface area (Å²) in [5.41, 5.74) is 8.93. The number of para-hydroxylation sites is 1. The van der Waals surface area contributed by atoms with Crippen LogP contribution in [0.25, 0.3) is 0 Å². The molecule has 3 rings (SSSR count). The predicted molar refractivity (Wildman–Crippen MR) is 129 cm³/mol.